The van der Waals surface area contributed by atoms with Crippen molar-refractivity contribution in [2.45, 2.75) is 18.9 Å². The van der Waals surface area contributed by atoms with Crippen LogP contribution in [0.2, 0.25) is 0 Å². The third kappa shape index (κ3) is 4.37. The Balaban J connectivity index is 1.23. The first-order valence-corrected chi connectivity index (χ1v) is 10.4. The fraction of sp³-hybridized carbons (Fsp3) is 0.160. The number of benzene rings is 3. The Hall–Kier alpha value is -4.00. The van der Waals surface area contributed by atoms with E-state index in [2.05, 4.69) is 20.6 Å². The van der Waals surface area contributed by atoms with E-state index in [-0.39, 0.29) is 24.4 Å². The summed E-state index contributed by atoms with van der Waals surface area (Å²) >= 11 is 0. The predicted octanol–water partition coefficient (Wildman–Crippen LogP) is 4.37. The smallest absolute Gasteiger partial charge is 0.262 e. The Kier molecular flexibility index (Phi) is 5.37. The number of halogens is 1. The van der Waals surface area contributed by atoms with Gasteiger partial charge in [-0.25, -0.2) is 14.4 Å². The lowest BCUT2D eigenvalue weighted by Crippen LogP contribution is -2.20. The molecule has 1 heterocycles. The summed E-state index contributed by atoms with van der Waals surface area (Å²) < 4.78 is 19.2. The Morgan fingerprint density at radius 2 is 1.84 bits per heavy atom. The zero-order valence-electron chi connectivity index (χ0n) is 17.2. The summed E-state index contributed by atoms with van der Waals surface area (Å²) in [4.78, 5) is 20.8. The monoisotopic (exact) mass is 428 g/mol. The second-order valence-electron chi connectivity index (χ2n) is 7.77. The van der Waals surface area contributed by atoms with Crippen molar-refractivity contribution in [1.82, 2.24) is 9.97 Å². The van der Waals surface area contributed by atoms with Crippen molar-refractivity contribution < 1.29 is 13.9 Å². The van der Waals surface area contributed by atoms with Crippen molar-refractivity contribution in [3.05, 3.63) is 90.0 Å². The quantitative estimate of drug-likeness (QED) is 0.477. The van der Waals surface area contributed by atoms with Crippen molar-refractivity contribution in [2.24, 2.45) is 0 Å². The molecule has 2 N–H and O–H groups in total. The molecule has 0 saturated carbocycles. The predicted molar refractivity (Wildman–Crippen MR) is 121 cm³/mol. The van der Waals surface area contributed by atoms with Gasteiger partial charge in [0.1, 0.15) is 23.7 Å². The van der Waals surface area contributed by atoms with Crippen LogP contribution >= 0.6 is 0 Å². The maximum atomic E-state index is 13.7. The number of fused-ring (bicyclic) bond motifs is 2. The average molecular weight is 428 g/mol. The topological polar surface area (TPSA) is 76.1 Å². The van der Waals surface area contributed by atoms with Gasteiger partial charge in [-0.05, 0) is 66.4 Å². The SMILES string of the molecule is O=C(COc1ccccc1)Nc1ccc2c(c1)CC(Nc1ncnc3ccc(F)cc13)C2. The van der Waals surface area contributed by atoms with Crippen LogP contribution in [0.1, 0.15) is 11.1 Å². The van der Waals surface area contributed by atoms with E-state index >= 15 is 0 Å². The van der Waals surface area contributed by atoms with Crippen molar-refractivity contribution in [3.8, 4) is 5.75 Å². The zero-order chi connectivity index (χ0) is 21.9. The molecular formula is C25H21FN4O2. The first-order chi connectivity index (χ1) is 15.6. The van der Waals surface area contributed by atoms with E-state index in [1.807, 2.05) is 48.5 Å². The first-order valence-electron chi connectivity index (χ1n) is 10.4. The molecule has 0 bridgehead atoms. The molecule has 7 heteroatoms. The van der Waals surface area contributed by atoms with Gasteiger partial charge in [-0.3, -0.25) is 4.79 Å². The fourth-order valence-electron chi connectivity index (χ4n) is 4.00. The largest absolute Gasteiger partial charge is 0.484 e. The third-order valence-corrected chi connectivity index (χ3v) is 5.47. The van der Waals surface area contributed by atoms with Crippen LogP contribution in [0.4, 0.5) is 15.9 Å². The lowest BCUT2D eigenvalue weighted by atomic mass is 10.1. The van der Waals surface area contributed by atoms with E-state index in [1.165, 1.54) is 24.0 Å². The lowest BCUT2D eigenvalue weighted by Gasteiger charge is -2.14. The normalized spacial score (nSPS) is 14.7. The second kappa shape index (κ2) is 8.63. The molecule has 1 aliphatic rings. The Bertz CT molecular complexity index is 1280. The van der Waals surface area contributed by atoms with E-state index < -0.39 is 0 Å². The van der Waals surface area contributed by atoms with Gasteiger partial charge in [0.15, 0.2) is 6.61 Å². The van der Waals surface area contributed by atoms with Crippen LogP contribution in [0, 0.1) is 5.82 Å². The van der Waals surface area contributed by atoms with E-state index in [9.17, 15) is 9.18 Å². The Morgan fingerprint density at radius 1 is 1.00 bits per heavy atom. The van der Waals surface area contributed by atoms with E-state index in [0.29, 0.717) is 22.5 Å². The second-order valence-corrected chi connectivity index (χ2v) is 7.77. The number of ether oxygens (including phenoxy) is 1. The molecular weight excluding hydrogens is 407 g/mol. The molecule has 5 rings (SSSR count). The molecule has 0 spiro atoms. The minimum atomic E-state index is -0.318. The highest BCUT2D eigenvalue weighted by Crippen LogP contribution is 2.29. The summed E-state index contributed by atoms with van der Waals surface area (Å²) in [6.45, 7) is -0.0530. The maximum absolute atomic E-state index is 13.7. The van der Waals surface area contributed by atoms with Gasteiger partial charge in [0.25, 0.3) is 5.91 Å². The fourth-order valence-corrected chi connectivity index (χ4v) is 4.00. The highest BCUT2D eigenvalue weighted by atomic mass is 19.1. The molecule has 4 aromatic rings. The number of hydrogen-bond donors (Lipinski definition) is 2. The summed E-state index contributed by atoms with van der Waals surface area (Å²) in [5.74, 6) is 0.749. The maximum Gasteiger partial charge on any atom is 0.262 e. The van der Waals surface area contributed by atoms with Crippen molar-refractivity contribution in [3.63, 3.8) is 0 Å². The summed E-state index contributed by atoms with van der Waals surface area (Å²) in [7, 11) is 0. The molecule has 1 atom stereocenters. The first kappa shape index (κ1) is 19.9. The van der Waals surface area contributed by atoms with Crippen molar-refractivity contribution in [2.75, 3.05) is 17.2 Å². The lowest BCUT2D eigenvalue weighted by molar-refractivity contribution is -0.118. The molecule has 1 aromatic heterocycles. The van der Waals surface area contributed by atoms with Crippen molar-refractivity contribution >= 4 is 28.3 Å². The number of amides is 1. The van der Waals surface area contributed by atoms with Crippen LogP contribution in [0.3, 0.4) is 0 Å². The molecule has 0 saturated heterocycles. The molecule has 3 aromatic carbocycles. The van der Waals surface area contributed by atoms with Crippen molar-refractivity contribution in [1.29, 1.82) is 0 Å². The van der Waals surface area contributed by atoms with E-state index in [0.717, 1.165) is 24.1 Å². The molecule has 0 fully saturated rings. The van der Waals surface area contributed by atoms with Gasteiger partial charge in [-0.1, -0.05) is 24.3 Å². The number of carbonyl (C=O) groups excluding carboxylic acids is 1. The minimum Gasteiger partial charge on any atom is -0.484 e. The zero-order valence-corrected chi connectivity index (χ0v) is 17.2. The van der Waals surface area contributed by atoms with Gasteiger partial charge in [0.2, 0.25) is 0 Å². The molecule has 6 nitrogen and oxygen atoms in total. The molecule has 32 heavy (non-hydrogen) atoms. The minimum absolute atomic E-state index is 0.0530. The van der Waals surface area contributed by atoms with E-state index in [1.54, 1.807) is 6.07 Å². The standard InChI is InChI=1S/C25H21FN4O2/c26-18-7-9-23-22(13-18)25(28-15-27-23)30-20-10-16-6-8-19(11-17(16)12-20)29-24(31)14-32-21-4-2-1-3-5-21/h1-9,11,13,15,20H,10,12,14H2,(H,29,31)(H,27,28,30). The number of nitrogens with zero attached hydrogens (tertiary/aromatic N) is 2. The summed E-state index contributed by atoms with van der Waals surface area (Å²) in [6, 6.07) is 19.8. The molecule has 160 valence electrons. The molecule has 0 aliphatic heterocycles. The van der Waals surface area contributed by atoms with Crippen LogP contribution in [0.25, 0.3) is 10.9 Å². The number of aromatic nitrogens is 2. The number of hydrogen-bond acceptors (Lipinski definition) is 5. The molecule has 1 unspecified atom stereocenters. The average Bonchev–Trinajstić information content (AvgIpc) is 3.20. The van der Waals surface area contributed by atoms with Crippen LogP contribution in [-0.2, 0) is 17.6 Å². The molecule has 0 radical (unpaired) electrons. The molecule has 1 amide bonds. The Morgan fingerprint density at radius 3 is 2.72 bits per heavy atom. The Labute approximate surface area is 184 Å². The van der Waals surface area contributed by atoms with Crippen LogP contribution < -0.4 is 15.4 Å². The number of anilines is 2. The van der Waals surface area contributed by atoms with Crippen LogP contribution in [0.15, 0.2) is 73.1 Å². The third-order valence-electron chi connectivity index (χ3n) is 5.47. The summed E-state index contributed by atoms with van der Waals surface area (Å²) in [6.07, 6.45) is 3.08. The summed E-state index contributed by atoms with van der Waals surface area (Å²) in [5.41, 5.74) is 3.81. The number of para-hydroxylation sites is 1. The van der Waals surface area contributed by atoms with Crippen LogP contribution in [0.5, 0.6) is 5.75 Å². The van der Waals surface area contributed by atoms with Gasteiger partial charge >= 0.3 is 0 Å². The van der Waals surface area contributed by atoms with E-state index in [4.69, 9.17) is 4.74 Å². The highest BCUT2D eigenvalue weighted by molar-refractivity contribution is 5.92. The van der Waals surface area contributed by atoms with Gasteiger partial charge in [-0.15, -0.1) is 0 Å². The van der Waals surface area contributed by atoms with Gasteiger partial charge in [0.05, 0.1) is 5.52 Å². The number of rotatable bonds is 6. The van der Waals surface area contributed by atoms with Gasteiger partial charge in [0, 0.05) is 17.1 Å². The number of carbonyl (C=O) groups is 1. The van der Waals surface area contributed by atoms with Gasteiger partial charge in [-0.2, -0.15) is 0 Å². The highest BCUT2D eigenvalue weighted by Gasteiger charge is 2.23. The summed E-state index contributed by atoms with van der Waals surface area (Å²) in [5, 5.41) is 6.98. The van der Waals surface area contributed by atoms with Gasteiger partial charge < -0.3 is 15.4 Å². The van der Waals surface area contributed by atoms with Crippen LogP contribution in [-0.4, -0.2) is 28.5 Å². The molecule has 1 aliphatic carbocycles. The number of nitrogens with one attached hydrogen (secondary N) is 2.